The predicted octanol–water partition coefficient (Wildman–Crippen LogP) is 3.42. The van der Waals surface area contributed by atoms with E-state index < -0.39 is 65.9 Å². The lowest BCUT2D eigenvalue weighted by atomic mass is 9.54. The van der Waals surface area contributed by atoms with Crippen molar-refractivity contribution in [2.75, 3.05) is 17.6 Å². The van der Waals surface area contributed by atoms with Gasteiger partial charge in [-0.25, -0.2) is 34.7 Å². The summed E-state index contributed by atoms with van der Waals surface area (Å²) in [6.45, 7) is 3.13. The Morgan fingerprint density at radius 2 is 1.68 bits per heavy atom. The van der Waals surface area contributed by atoms with Crippen molar-refractivity contribution in [1.29, 1.82) is 0 Å². The first-order chi connectivity index (χ1) is 17.7. The summed E-state index contributed by atoms with van der Waals surface area (Å²) < 4.78 is 93.4. The predicted molar refractivity (Wildman–Crippen MR) is 134 cm³/mol. The number of aliphatic hydroxyl groups is 1. The van der Waals surface area contributed by atoms with Crippen molar-refractivity contribution < 1.29 is 39.9 Å². The van der Waals surface area contributed by atoms with E-state index in [1.54, 1.807) is 0 Å². The summed E-state index contributed by atoms with van der Waals surface area (Å²) in [7, 11) is -7.76. The maximum atomic E-state index is 13.5. The molecule has 1 amide bonds. The first-order valence-electron chi connectivity index (χ1n) is 11.5. The number of nitrogens with one attached hydrogen (secondary N) is 2. The van der Waals surface area contributed by atoms with Gasteiger partial charge < -0.3 is 10.4 Å². The van der Waals surface area contributed by atoms with E-state index in [0.29, 0.717) is 18.6 Å². The van der Waals surface area contributed by atoms with Crippen LogP contribution in [0.2, 0.25) is 5.02 Å². The first-order valence-corrected chi connectivity index (χ1v) is 15.1. The van der Waals surface area contributed by atoms with Crippen molar-refractivity contribution in [3.8, 4) is 0 Å². The molecule has 0 spiro atoms. The molecular weight excluding hydrogens is 569 g/mol. The van der Waals surface area contributed by atoms with Crippen molar-refractivity contribution >= 4 is 43.1 Å². The Morgan fingerprint density at radius 1 is 1.08 bits per heavy atom. The number of benzene rings is 2. The Bertz CT molecular complexity index is 1480. The fourth-order valence-electron chi connectivity index (χ4n) is 5.11. The number of carbonyl (C=O) groups excluding carboxylic acids is 1. The van der Waals surface area contributed by atoms with E-state index in [1.165, 1.54) is 18.2 Å². The molecule has 0 aromatic heterocycles. The number of hydrogen-bond acceptors (Lipinski definition) is 6. The highest BCUT2D eigenvalue weighted by atomic mass is 35.5. The van der Waals surface area contributed by atoms with Crippen LogP contribution in [0.25, 0.3) is 0 Å². The zero-order valence-electron chi connectivity index (χ0n) is 19.8. The van der Waals surface area contributed by atoms with E-state index in [9.17, 15) is 39.9 Å². The summed E-state index contributed by atoms with van der Waals surface area (Å²) in [5.41, 5.74) is -1.93. The number of rotatable bonds is 9. The fourth-order valence-corrected chi connectivity index (χ4v) is 8.39. The minimum absolute atomic E-state index is 0.0550. The lowest BCUT2D eigenvalue weighted by Crippen LogP contribution is -2.66. The van der Waals surface area contributed by atoms with Crippen molar-refractivity contribution in [2.45, 2.75) is 35.0 Å². The van der Waals surface area contributed by atoms with Crippen LogP contribution in [-0.4, -0.2) is 51.0 Å². The molecule has 2 aromatic carbocycles. The van der Waals surface area contributed by atoms with E-state index in [1.807, 2.05) is 0 Å². The number of carbonyl (C=O) groups is 1. The number of sulfone groups is 1. The molecule has 0 radical (unpaired) electrons. The zero-order valence-corrected chi connectivity index (χ0v) is 22.1. The molecule has 3 N–H and O–H groups in total. The molecule has 3 fully saturated rings. The monoisotopic (exact) mass is 592 g/mol. The van der Waals surface area contributed by atoms with Crippen LogP contribution in [0.1, 0.15) is 29.6 Å². The van der Waals surface area contributed by atoms with Crippen LogP contribution >= 0.6 is 11.6 Å². The Hall–Kier alpha value is -2.45. The lowest BCUT2D eigenvalue weighted by Gasteiger charge is -2.58. The molecule has 38 heavy (non-hydrogen) atoms. The number of anilines is 1. The number of hydrogen-bond donors (Lipinski definition) is 3. The van der Waals surface area contributed by atoms with Crippen LogP contribution in [0, 0.1) is 29.3 Å². The molecule has 0 saturated heterocycles. The van der Waals surface area contributed by atoms with Crippen LogP contribution in [0.5, 0.6) is 0 Å². The minimum atomic E-state index is -4.09. The SMILES string of the molecule is C=CCS(=O)(=O)NCC1(O)C2CC1CC(S(=O)(=O)c1cc(C(=O)Nc3cc(F)c(F)c(F)c3)ccc1Cl)C2. The standard InChI is InChI=1S/C24H24ClF3N2O6S2/c1-2-5-37(33,34)29-12-24(32)14-7-15(24)9-17(8-14)38(35,36)21-6-13(3-4-18(21)25)23(31)30-16-10-19(26)22(28)20(27)11-16/h2-4,6,10-11,14-15,17,29,32H,1,5,7-9,12H2,(H,30,31). The van der Waals surface area contributed by atoms with Crippen LogP contribution < -0.4 is 10.0 Å². The van der Waals surface area contributed by atoms with Gasteiger partial charge in [0.15, 0.2) is 27.3 Å². The lowest BCUT2D eigenvalue weighted by molar-refractivity contribution is -0.170. The molecule has 5 rings (SSSR count). The van der Waals surface area contributed by atoms with Gasteiger partial charge in [-0.15, -0.1) is 6.58 Å². The maximum Gasteiger partial charge on any atom is 0.255 e. The molecule has 2 unspecified atom stereocenters. The third-order valence-electron chi connectivity index (χ3n) is 7.17. The van der Waals surface area contributed by atoms with Gasteiger partial charge in [-0.3, -0.25) is 4.79 Å². The molecule has 3 saturated carbocycles. The Kier molecular flexibility index (Phi) is 7.71. The third-order valence-corrected chi connectivity index (χ3v) is 11.1. The number of sulfonamides is 1. The average Bonchev–Trinajstić information content (AvgIpc) is 2.85. The summed E-state index contributed by atoms with van der Waals surface area (Å²) in [6.07, 6.45) is 1.86. The first kappa shape index (κ1) is 28.6. The minimum Gasteiger partial charge on any atom is -0.388 e. The molecular formula is C24H24ClF3N2O6S2. The second kappa shape index (κ2) is 10.3. The normalized spacial score (nSPS) is 24.9. The van der Waals surface area contributed by atoms with Crippen molar-refractivity contribution in [3.05, 3.63) is 71.0 Å². The summed E-state index contributed by atoms with van der Waals surface area (Å²) in [4.78, 5) is 12.3. The number of amides is 1. The van der Waals surface area contributed by atoms with Gasteiger partial charge in [-0.05, 0) is 49.3 Å². The third kappa shape index (κ3) is 5.34. The smallest absolute Gasteiger partial charge is 0.255 e. The second-order valence-corrected chi connectivity index (χ2v) is 14.0. The summed E-state index contributed by atoms with van der Waals surface area (Å²) >= 11 is 6.17. The van der Waals surface area contributed by atoms with Gasteiger partial charge in [0.05, 0.1) is 26.5 Å². The molecule has 3 aliphatic rings. The molecule has 3 aliphatic carbocycles. The summed E-state index contributed by atoms with van der Waals surface area (Å²) in [5.74, 6) is -6.89. The average molecular weight is 593 g/mol. The van der Waals surface area contributed by atoms with E-state index in [2.05, 4.69) is 16.6 Å². The van der Waals surface area contributed by atoms with Gasteiger partial charge in [-0.1, -0.05) is 17.7 Å². The van der Waals surface area contributed by atoms with Gasteiger partial charge >= 0.3 is 0 Å². The van der Waals surface area contributed by atoms with Crippen molar-refractivity contribution in [3.63, 3.8) is 0 Å². The van der Waals surface area contributed by atoms with Crippen molar-refractivity contribution in [2.24, 2.45) is 11.8 Å². The molecule has 2 atom stereocenters. The molecule has 0 aliphatic heterocycles. The maximum absolute atomic E-state index is 13.5. The summed E-state index contributed by atoms with van der Waals surface area (Å²) in [6, 6.07) is 4.62. The van der Waals surface area contributed by atoms with Gasteiger partial charge in [0.1, 0.15) is 0 Å². The molecule has 2 aromatic rings. The number of fused-ring (bicyclic) bond motifs is 2. The van der Waals surface area contributed by atoms with E-state index in [4.69, 9.17) is 11.6 Å². The molecule has 14 heteroatoms. The molecule has 206 valence electrons. The van der Waals surface area contributed by atoms with Crippen LogP contribution in [0.15, 0.2) is 47.9 Å². The van der Waals surface area contributed by atoms with Gasteiger partial charge in [0.2, 0.25) is 10.0 Å². The van der Waals surface area contributed by atoms with Crippen LogP contribution in [0.3, 0.4) is 0 Å². The topological polar surface area (TPSA) is 130 Å². The Labute approximate surface area is 222 Å². The molecule has 2 bridgehead atoms. The second-order valence-electron chi connectivity index (χ2n) is 9.50. The van der Waals surface area contributed by atoms with Crippen molar-refractivity contribution in [1.82, 2.24) is 4.72 Å². The van der Waals surface area contributed by atoms with E-state index >= 15 is 0 Å². The highest BCUT2D eigenvalue weighted by Gasteiger charge is 2.60. The Balaban J connectivity index is 1.51. The highest BCUT2D eigenvalue weighted by molar-refractivity contribution is 7.92. The number of halogens is 4. The van der Waals surface area contributed by atoms with E-state index in [-0.39, 0.29) is 46.3 Å². The molecule has 0 heterocycles. The summed E-state index contributed by atoms with van der Waals surface area (Å²) in [5, 5.41) is 12.1. The van der Waals surface area contributed by atoms with Gasteiger partial charge in [0, 0.05) is 29.9 Å². The Morgan fingerprint density at radius 3 is 2.26 bits per heavy atom. The van der Waals surface area contributed by atoms with Gasteiger partial charge in [-0.2, -0.15) is 0 Å². The molecule has 8 nitrogen and oxygen atoms in total. The van der Waals surface area contributed by atoms with Crippen LogP contribution in [0.4, 0.5) is 18.9 Å². The van der Waals surface area contributed by atoms with Crippen LogP contribution in [-0.2, 0) is 19.9 Å². The quantitative estimate of drug-likeness (QED) is 0.302. The zero-order chi connectivity index (χ0) is 28.0. The largest absolute Gasteiger partial charge is 0.388 e. The van der Waals surface area contributed by atoms with Gasteiger partial charge in [0.25, 0.3) is 5.91 Å². The fraction of sp³-hybridized carbons (Fsp3) is 0.375. The highest BCUT2D eigenvalue weighted by Crippen LogP contribution is 2.55. The van der Waals surface area contributed by atoms with E-state index in [0.717, 1.165) is 6.07 Å².